The maximum absolute atomic E-state index is 13.9. The SMILES string of the molecule is COC(=O)C1=C(C2CCN(S(=O)(=O)C3CC(C(=O)O)C3)CC2)NC(c2nccs2)=NC1c1ccc(F)cc1Br. The van der Waals surface area contributed by atoms with Crippen LogP contribution in [-0.2, 0) is 24.3 Å². The number of sulfonamides is 1. The zero-order valence-electron chi connectivity index (χ0n) is 20.8. The molecule has 2 fully saturated rings. The summed E-state index contributed by atoms with van der Waals surface area (Å²) >= 11 is 4.78. The van der Waals surface area contributed by atoms with Crippen molar-refractivity contribution in [2.24, 2.45) is 16.8 Å². The number of nitrogens with zero attached hydrogens (tertiary/aromatic N) is 3. The Labute approximate surface area is 237 Å². The molecule has 0 radical (unpaired) electrons. The van der Waals surface area contributed by atoms with Crippen LogP contribution in [0.5, 0.6) is 0 Å². The third-order valence-electron chi connectivity index (χ3n) is 7.46. The lowest BCUT2D eigenvalue weighted by Gasteiger charge is -2.40. The first-order valence-electron chi connectivity index (χ1n) is 12.3. The second-order valence-electron chi connectivity index (χ2n) is 9.67. The number of benzene rings is 1. The normalized spacial score (nSPS) is 24.5. The van der Waals surface area contributed by atoms with E-state index in [1.54, 1.807) is 17.6 Å². The summed E-state index contributed by atoms with van der Waals surface area (Å²) in [7, 11) is -2.34. The minimum absolute atomic E-state index is 0.124. The minimum atomic E-state index is -3.62. The lowest BCUT2D eigenvalue weighted by atomic mass is 9.85. The predicted octanol–water partition coefficient (Wildman–Crippen LogP) is 3.47. The highest BCUT2D eigenvalue weighted by Gasteiger charge is 2.46. The van der Waals surface area contributed by atoms with E-state index in [0.717, 1.165) is 0 Å². The first-order chi connectivity index (χ1) is 18.6. The lowest BCUT2D eigenvalue weighted by Crippen LogP contribution is -2.50. The molecule has 1 unspecified atom stereocenters. The van der Waals surface area contributed by atoms with E-state index in [4.69, 9.17) is 14.8 Å². The summed E-state index contributed by atoms with van der Waals surface area (Å²) in [6.07, 6.45) is 2.75. The van der Waals surface area contributed by atoms with Crippen molar-refractivity contribution in [3.05, 3.63) is 61.9 Å². The standard InChI is InChI=1S/C25H26BrFN4O6S2/c1-37-25(34)19-20(13-4-7-31(8-5-13)39(35,36)16-10-14(11-16)24(32)33)29-22(23-28-6-9-38-23)30-21(19)17-3-2-15(27)12-18(17)26/h2-3,6,9,12-14,16,21H,4-5,7-8,10-11H2,1H3,(H,29,30)(H,32,33). The molecule has 2 N–H and O–H groups in total. The summed E-state index contributed by atoms with van der Waals surface area (Å²) in [6, 6.07) is 3.36. The number of nitrogens with one attached hydrogen (secondary N) is 1. The average molecular weight is 642 g/mol. The second kappa shape index (κ2) is 11.1. The molecule has 0 amide bonds. The molecule has 1 aromatic carbocycles. The van der Waals surface area contributed by atoms with E-state index in [2.05, 4.69) is 26.2 Å². The number of carbonyl (C=O) groups is 2. The van der Waals surface area contributed by atoms with Crippen molar-refractivity contribution in [2.45, 2.75) is 37.0 Å². The number of thiazole rings is 1. The van der Waals surface area contributed by atoms with E-state index in [1.165, 1.54) is 34.9 Å². The molecule has 39 heavy (non-hydrogen) atoms. The average Bonchev–Trinajstić information content (AvgIpc) is 3.41. The number of aliphatic imine (C=N–C) groups is 1. The Hall–Kier alpha value is -2.68. The van der Waals surface area contributed by atoms with Crippen LogP contribution in [0.3, 0.4) is 0 Å². The monoisotopic (exact) mass is 640 g/mol. The molecule has 1 atom stereocenters. The number of rotatable bonds is 7. The van der Waals surface area contributed by atoms with Gasteiger partial charge in [-0.3, -0.25) is 9.79 Å². The predicted molar refractivity (Wildman–Crippen MR) is 145 cm³/mol. The number of carboxylic acid groups (broad SMARTS) is 1. The van der Waals surface area contributed by atoms with E-state index in [9.17, 15) is 22.4 Å². The van der Waals surface area contributed by atoms with Crippen molar-refractivity contribution in [3.8, 4) is 0 Å². The largest absolute Gasteiger partial charge is 0.481 e. The van der Waals surface area contributed by atoms with E-state index in [0.29, 0.717) is 39.4 Å². The maximum atomic E-state index is 13.9. The molecule has 14 heteroatoms. The van der Waals surface area contributed by atoms with Crippen LogP contribution in [0.1, 0.15) is 42.3 Å². The molecule has 1 saturated carbocycles. The molecule has 208 valence electrons. The van der Waals surface area contributed by atoms with Crippen molar-refractivity contribution >= 4 is 55.1 Å². The van der Waals surface area contributed by atoms with Gasteiger partial charge < -0.3 is 15.2 Å². The summed E-state index contributed by atoms with van der Waals surface area (Å²) < 4.78 is 47.2. The Bertz CT molecular complexity index is 1450. The number of piperidine rings is 1. The molecule has 10 nitrogen and oxygen atoms in total. The highest BCUT2D eigenvalue weighted by atomic mass is 79.9. The Morgan fingerprint density at radius 3 is 2.56 bits per heavy atom. The summed E-state index contributed by atoms with van der Waals surface area (Å²) in [4.78, 5) is 33.5. The summed E-state index contributed by atoms with van der Waals surface area (Å²) in [5.74, 6) is -2.38. The number of methoxy groups -OCH3 is 1. The minimum Gasteiger partial charge on any atom is -0.481 e. The molecular formula is C25H26BrFN4O6S2. The van der Waals surface area contributed by atoms with Gasteiger partial charge in [-0.2, -0.15) is 0 Å². The Morgan fingerprint density at radius 2 is 1.97 bits per heavy atom. The van der Waals surface area contributed by atoms with Crippen LogP contribution < -0.4 is 5.32 Å². The lowest BCUT2D eigenvalue weighted by molar-refractivity contribution is -0.144. The van der Waals surface area contributed by atoms with Crippen molar-refractivity contribution in [2.75, 3.05) is 20.2 Å². The number of hydrogen-bond donors (Lipinski definition) is 2. The van der Waals surface area contributed by atoms with Crippen LogP contribution in [0.2, 0.25) is 0 Å². The van der Waals surface area contributed by atoms with Crippen molar-refractivity contribution < 1.29 is 32.2 Å². The number of carbonyl (C=O) groups excluding carboxylic acids is 1. The van der Waals surface area contributed by atoms with Crippen LogP contribution in [0, 0.1) is 17.7 Å². The van der Waals surface area contributed by atoms with Gasteiger partial charge in [-0.15, -0.1) is 11.3 Å². The molecule has 5 rings (SSSR count). The van der Waals surface area contributed by atoms with E-state index in [1.807, 2.05) is 0 Å². The fourth-order valence-electron chi connectivity index (χ4n) is 5.24. The highest BCUT2D eigenvalue weighted by Crippen LogP contribution is 2.41. The van der Waals surface area contributed by atoms with Gasteiger partial charge >= 0.3 is 11.9 Å². The van der Waals surface area contributed by atoms with Gasteiger partial charge in [0.1, 0.15) is 11.9 Å². The van der Waals surface area contributed by atoms with Crippen molar-refractivity contribution in [1.82, 2.24) is 14.6 Å². The number of aromatic nitrogens is 1. The maximum Gasteiger partial charge on any atom is 0.338 e. The number of aliphatic carboxylic acids is 1. The number of allylic oxidation sites excluding steroid dienone is 1. The van der Waals surface area contributed by atoms with Gasteiger partial charge in [0.15, 0.2) is 10.8 Å². The van der Waals surface area contributed by atoms with Gasteiger partial charge in [-0.05, 0) is 43.4 Å². The zero-order chi connectivity index (χ0) is 27.9. The zero-order valence-corrected chi connectivity index (χ0v) is 24.1. The van der Waals surface area contributed by atoms with Gasteiger partial charge in [-0.1, -0.05) is 22.0 Å². The van der Waals surface area contributed by atoms with Gasteiger partial charge in [0, 0.05) is 40.8 Å². The number of amidine groups is 1. The van der Waals surface area contributed by atoms with Crippen LogP contribution in [0.25, 0.3) is 0 Å². The van der Waals surface area contributed by atoms with Crippen molar-refractivity contribution in [1.29, 1.82) is 0 Å². The third kappa shape index (κ3) is 5.39. The van der Waals surface area contributed by atoms with Crippen LogP contribution in [-0.4, -0.2) is 66.0 Å². The van der Waals surface area contributed by atoms with Gasteiger partial charge in [0.25, 0.3) is 0 Å². The Morgan fingerprint density at radius 1 is 1.26 bits per heavy atom. The van der Waals surface area contributed by atoms with E-state index < -0.39 is 45.0 Å². The first-order valence-corrected chi connectivity index (χ1v) is 15.5. The van der Waals surface area contributed by atoms with Gasteiger partial charge in [-0.25, -0.2) is 26.9 Å². The number of hydrogen-bond acceptors (Lipinski definition) is 9. The Kier molecular flexibility index (Phi) is 7.91. The summed E-state index contributed by atoms with van der Waals surface area (Å²) in [6.45, 7) is 0.463. The number of carboxylic acids is 1. The molecule has 1 aromatic heterocycles. The third-order valence-corrected chi connectivity index (χ3v) is 11.2. The quantitative estimate of drug-likeness (QED) is 0.439. The van der Waals surface area contributed by atoms with E-state index >= 15 is 0 Å². The van der Waals surface area contributed by atoms with Crippen molar-refractivity contribution in [3.63, 3.8) is 0 Å². The van der Waals surface area contributed by atoms with Crippen LogP contribution >= 0.6 is 27.3 Å². The highest BCUT2D eigenvalue weighted by molar-refractivity contribution is 9.10. The van der Waals surface area contributed by atoms with Crippen LogP contribution in [0.4, 0.5) is 4.39 Å². The number of ether oxygens (including phenoxy) is 1. The van der Waals surface area contributed by atoms with Gasteiger partial charge in [0.2, 0.25) is 10.0 Å². The van der Waals surface area contributed by atoms with Crippen LogP contribution in [0.15, 0.2) is 50.5 Å². The molecule has 2 aromatic rings. The molecule has 3 aliphatic rings. The fourth-order valence-corrected chi connectivity index (χ4v) is 8.49. The smallest absolute Gasteiger partial charge is 0.338 e. The summed E-state index contributed by atoms with van der Waals surface area (Å²) in [5, 5.41) is 14.2. The topological polar surface area (TPSA) is 138 Å². The molecule has 3 heterocycles. The molecule has 1 aliphatic carbocycles. The molecule has 2 aliphatic heterocycles. The number of esters is 1. The molecule has 0 bridgehead atoms. The molecular weight excluding hydrogens is 615 g/mol. The molecule has 1 saturated heterocycles. The summed E-state index contributed by atoms with van der Waals surface area (Å²) in [5.41, 5.74) is 1.42. The fraction of sp³-hybridized carbons (Fsp3) is 0.440. The molecule has 0 spiro atoms. The number of halogens is 2. The van der Waals surface area contributed by atoms with Gasteiger partial charge in [0.05, 0.1) is 23.9 Å². The second-order valence-corrected chi connectivity index (χ2v) is 13.6. The van der Waals surface area contributed by atoms with E-state index in [-0.39, 0.29) is 37.4 Å². The Balaban J connectivity index is 1.46. The first kappa shape index (κ1) is 27.9.